The fraction of sp³-hybridized carbons (Fsp3) is 0.269. The summed E-state index contributed by atoms with van der Waals surface area (Å²) in [5.41, 5.74) is 4.21. The van der Waals surface area contributed by atoms with E-state index in [2.05, 4.69) is 18.3 Å². The Morgan fingerprint density at radius 2 is 1.91 bits per heavy atom. The van der Waals surface area contributed by atoms with E-state index in [-0.39, 0.29) is 18.4 Å². The number of benzene rings is 2. The maximum Gasteiger partial charge on any atom is 0.281 e. The van der Waals surface area contributed by atoms with Gasteiger partial charge in [0, 0.05) is 37.8 Å². The largest absolute Gasteiger partial charge is 0.383 e. The number of nitrogens with zero attached hydrogens (tertiary/aromatic N) is 3. The second-order valence-corrected chi connectivity index (χ2v) is 8.43. The molecular weight excluding hydrogens is 448 g/mol. The van der Waals surface area contributed by atoms with Crippen LogP contribution in [-0.2, 0) is 27.3 Å². The lowest BCUT2D eigenvalue weighted by atomic mass is 10.1. The molecule has 1 aromatic heterocycles. The molecular formula is C26H28N4O3S. The minimum atomic E-state index is -0.177. The molecule has 0 bridgehead atoms. The number of hydrogen-bond donors (Lipinski definition) is 1. The number of methoxy groups -OCH3 is 1. The van der Waals surface area contributed by atoms with Crippen LogP contribution in [0, 0.1) is 0 Å². The molecule has 0 saturated carbocycles. The predicted molar refractivity (Wildman–Crippen MR) is 138 cm³/mol. The van der Waals surface area contributed by atoms with Gasteiger partial charge in [0.2, 0.25) is 5.91 Å². The topological polar surface area (TPSA) is 66.8 Å². The first kappa shape index (κ1) is 23.7. The molecule has 2 aromatic carbocycles. The van der Waals surface area contributed by atoms with Crippen molar-refractivity contribution in [2.45, 2.75) is 19.9 Å². The van der Waals surface area contributed by atoms with Crippen molar-refractivity contribution in [3.8, 4) is 0 Å². The first-order chi connectivity index (χ1) is 16.5. The fourth-order valence-electron chi connectivity index (χ4n) is 4.20. The van der Waals surface area contributed by atoms with Crippen LogP contribution >= 0.6 is 12.2 Å². The number of likely N-dealkylation sites (N-methyl/N-ethyl adjacent to an activating group) is 1. The highest BCUT2D eigenvalue weighted by atomic mass is 32.1. The summed E-state index contributed by atoms with van der Waals surface area (Å²) in [5.74, 6) is -0.270. The molecule has 34 heavy (non-hydrogen) atoms. The number of carbonyl (C=O) groups excluding carboxylic acids is 2. The second kappa shape index (κ2) is 10.2. The van der Waals surface area contributed by atoms with E-state index in [9.17, 15) is 9.59 Å². The molecule has 0 atom stereocenters. The van der Waals surface area contributed by atoms with Gasteiger partial charge >= 0.3 is 0 Å². The van der Waals surface area contributed by atoms with Crippen molar-refractivity contribution in [2.75, 3.05) is 32.2 Å². The van der Waals surface area contributed by atoms with Crippen LogP contribution in [0.1, 0.15) is 18.1 Å². The number of anilines is 1. The molecule has 7 nitrogen and oxygen atoms in total. The van der Waals surface area contributed by atoms with Gasteiger partial charge in [-0.05, 0) is 42.4 Å². The zero-order valence-corrected chi connectivity index (χ0v) is 20.4. The van der Waals surface area contributed by atoms with Crippen LogP contribution in [0.3, 0.4) is 0 Å². The van der Waals surface area contributed by atoms with E-state index in [1.54, 1.807) is 24.0 Å². The number of nitrogens with one attached hydrogen (secondary N) is 1. The summed E-state index contributed by atoms with van der Waals surface area (Å²) < 4.78 is 6.97. The van der Waals surface area contributed by atoms with E-state index in [1.165, 1.54) is 0 Å². The molecule has 1 N–H and O–H groups in total. The number of ether oxygens (including phenoxy) is 1. The molecule has 4 rings (SSSR count). The van der Waals surface area contributed by atoms with Gasteiger partial charge in [-0.2, -0.15) is 0 Å². The van der Waals surface area contributed by atoms with Crippen molar-refractivity contribution >= 4 is 51.8 Å². The predicted octanol–water partition coefficient (Wildman–Crippen LogP) is 3.57. The SMILES string of the molecule is CCc1cccc2c(C=C3C(=O)N(c4ccccc4)C(=S)N3C)cn(CC(=O)NCCOC)c12. The lowest BCUT2D eigenvalue weighted by Gasteiger charge is -2.16. The average molecular weight is 477 g/mol. The van der Waals surface area contributed by atoms with Crippen molar-refractivity contribution in [3.63, 3.8) is 0 Å². The average Bonchev–Trinajstić information content (AvgIpc) is 3.29. The van der Waals surface area contributed by atoms with Gasteiger partial charge in [0.1, 0.15) is 12.2 Å². The Balaban J connectivity index is 1.74. The highest BCUT2D eigenvalue weighted by molar-refractivity contribution is 7.80. The van der Waals surface area contributed by atoms with E-state index in [0.29, 0.717) is 24.0 Å². The van der Waals surface area contributed by atoms with Crippen molar-refractivity contribution < 1.29 is 14.3 Å². The standard InChI is InChI=1S/C26H28N4O3S/c1-4-18-9-8-12-21-19(16-29(24(18)21)17-23(31)27-13-14-33-3)15-22-25(32)30(26(34)28(22)2)20-10-6-5-7-11-20/h5-12,15-16H,4,13-14,17H2,1-3H3,(H,27,31). The highest BCUT2D eigenvalue weighted by Crippen LogP contribution is 2.31. The highest BCUT2D eigenvalue weighted by Gasteiger charge is 2.36. The van der Waals surface area contributed by atoms with Crippen molar-refractivity contribution in [3.05, 3.63) is 71.6 Å². The molecule has 0 radical (unpaired) electrons. The second-order valence-electron chi connectivity index (χ2n) is 8.07. The Kier molecular flexibility index (Phi) is 7.09. The molecule has 0 spiro atoms. The first-order valence-corrected chi connectivity index (χ1v) is 11.6. The molecule has 0 unspecified atom stereocenters. The Hall–Kier alpha value is -3.49. The van der Waals surface area contributed by atoms with Crippen LogP contribution in [0.25, 0.3) is 17.0 Å². The lowest BCUT2D eigenvalue weighted by Crippen LogP contribution is -2.30. The Morgan fingerprint density at radius 3 is 2.62 bits per heavy atom. The Bertz CT molecular complexity index is 1270. The maximum atomic E-state index is 13.4. The van der Waals surface area contributed by atoms with Crippen LogP contribution in [0.5, 0.6) is 0 Å². The van der Waals surface area contributed by atoms with Gasteiger partial charge in [-0.25, -0.2) is 0 Å². The van der Waals surface area contributed by atoms with Crippen LogP contribution < -0.4 is 10.2 Å². The molecule has 1 saturated heterocycles. The van der Waals surface area contributed by atoms with Gasteiger partial charge in [0.05, 0.1) is 17.8 Å². The third-order valence-corrected chi connectivity index (χ3v) is 6.36. The molecule has 3 aromatic rings. The lowest BCUT2D eigenvalue weighted by molar-refractivity contribution is -0.121. The van der Waals surface area contributed by atoms with Gasteiger partial charge < -0.3 is 19.5 Å². The summed E-state index contributed by atoms with van der Waals surface area (Å²) in [4.78, 5) is 29.2. The number of aromatic nitrogens is 1. The van der Waals surface area contributed by atoms with Crippen molar-refractivity contribution in [1.29, 1.82) is 0 Å². The minimum Gasteiger partial charge on any atom is -0.383 e. The molecule has 1 aliphatic heterocycles. The van der Waals surface area contributed by atoms with Gasteiger partial charge in [0.25, 0.3) is 5.91 Å². The zero-order chi connectivity index (χ0) is 24.2. The molecule has 2 heterocycles. The summed E-state index contributed by atoms with van der Waals surface area (Å²) in [6.07, 6.45) is 4.62. The number of amides is 2. The third kappa shape index (κ3) is 4.47. The summed E-state index contributed by atoms with van der Waals surface area (Å²) in [6, 6.07) is 15.5. The van der Waals surface area contributed by atoms with Crippen molar-refractivity contribution in [1.82, 2.24) is 14.8 Å². The zero-order valence-electron chi connectivity index (χ0n) is 19.6. The molecule has 2 amide bonds. The maximum absolute atomic E-state index is 13.4. The van der Waals surface area contributed by atoms with Crippen LogP contribution in [0.15, 0.2) is 60.4 Å². The Morgan fingerprint density at radius 1 is 1.15 bits per heavy atom. The molecule has 8 heteroatoms. The van der Waals surface area contributed by atoms with Crippen LogP contribution in [-0.4, -0.2) is 53.7 Å². The quantitative estimate of drug-likeness (QED) is 0.306. The van der Waals surface area contributed by atoms with Gasteiger partial charge in [-0.15, -0.1) is 0 Å². The monoisotopic (exact) mass is 476 g/mol. The van der Waals surface area contributed by atoms with E-state index in [4.69, 9.17) is 17.0 Å². The molecule has 176 valence electrons. The van der Waals surface area contributed by atoms with E-state index in [0.717, 1.165) is 34.1 Å². The van der Waals surface area contributed by atoms with Crippen LogP contribution in [0.4, 0.5) is 5.69 Å². The number of aryl methyl sites for hydroxylation is 1. The van der Waals surface area contributed by atoms with Crippen LogP contribution in [0.2, 0.25) is 0 Å². The van der Waals surface area contributed by atoms with E-state index < -0.39 is 0 Å². The normalized spacial score (nSPS) is 15.1. The number of carbonyl (C=O) groups is 2. The van der Waals surface area contributed by atoms with Gasteiger partial charge in [-0.1, -0.05) is 43.3 Å². The van der Waals surface area contributed by atoms with Gasteiger partial charge in [-0.3, -0.25) is 14.5 Å². The van der Waals surface area contributed by atoms with E-state index >= 15 is 0 Å². The molecule has 1 fully saturated rings. The number of fused-ring (bicyclic) bond motifs is 1. The first-order valence-electron chi connectivity index (χ1n) is 11.2. The molecule has 0 aliphatic carbocycles. The number of thiocarbonyl (C=S) groups is 1. The fourth-order valence-corrected chi connectivity index (χ4v) is 4.49. The summed E-state index contributed by atoms with van der Waals surface area (Å²) in [6.45, 7) is 3.19. The number of rotatable bonds is 8. The smallest absolute Gasteiger partial charge is 0.281 e. The number of hydrogen-bond acceptors (Lipinski definition) is 4. The molecule has 1 aliphatic rings. The summed E-state index contributed by atoms with van der Waals surface area (Å²) in [7, 11) is 3.40. The van der Waals surface area contributed by atoms with Gasteiger partial charge in [0.15, 0.2) is 5.11 Å². The van der Waals surface area contributed by atoms with E-state index in [1.807, 2.05) is 59.3 Å². The van der Waals surface area contributed by atoms with Crippen molar-refractivity contribution in [2.24, 2.45) is 0 Å². The number of para-hydroxylation sites is 2. The summed E-state index contributed by atoms with van der Waals surface area (Å²) in [5, 5.41) is 4.29. The Labute approximate surface area is 204 Å². The summed E-state index contributed by atoms with van der Waals surface area (Å²) >= 11 is 5.59. The minimum absolute atomic E-state index is 0.0930. The third-order valence-electron chi connectivity index (χ3n) is 5.90.